The third-order valence-electron chi connectivity index (χ3n) is 4.75. The van der Waals surface area contributed by atoms with Crippen LogP contribution in [0.4, 0.5) is 13.6 Å². The molecule has 1 aromatic carbocycles. The van der Waals surface area contributed by atoms with Crippen molar-refractivity contribution in [1.82, 2.24) is 5.32 Å². The molecule has 34 heavy (non-hydrogen) atoms. The molecule has 0 spiro atoms. The number of Topliss-reactive ketones (excluding diaryl/α,β-unsaturated/α-hetero) is 1. The van der Waals surface area contributed by atoms with Crippen LogP contribution in [0.15, 0.2) is 57.4 Å². The molecule has 0 fully saturated rings. The average Bonchev–Trinajstić information content (AvgIpc) is 2.77. The molecule has 0 aliphatic heterocycles. The minimum Gasteiger partial charge on any atom is -0.507 e. The van der Waals surface area contributed by atoms with E-state index in [9.17, 15) is 28.3 Å². The Bertz CT molecular complexity index is 1120. The zero-order valence-electron chi connectivity index (χ0n) is 18.6. The van der Waals surface area contributed by atoms with E-state index >= 15 is 0 Å². The maximum atomic E-state index is 12.8. The van der Waals surface area contributed by atoms with Crippen molar-refractivity contribution in [2.24, 2.45) is 0 Å². The molecule has 2 rings (SSSR count). The number of aromatic hydroxyl groups is 1. The van der Waals surface area contributed by atoms with Crippen molar-refractivity contribution in [3.8, 4) is 11.5 Å². The maximum Gasteiger partial charge on any atom is 0.408 e. The van der Waals surface area contributed by atoms with Crippen LogP contribution in [0, 0.1) is 0 Å². The van der Waals surface area contributed by atoms with Gasteiger partial charge in [-0.25, -0.2) is 18.4 Å². The summed E-state index contributed by atoms with van der Waals surface area (Å²) in [5, 5.41) is 20.9. The molecule has 3 N–H and O–H groups in total. The first-order valence-electron chi connectivity index (χ1n) is 10.3. The number of benzene rings is 1. The Balaban J connectivity index is 2.11. The van der Waals surface area contributed by atoms with Gasteiger partial charge < -0.3 is 19.4 Å². The van der Waals surface area contributed by atoms with Crippen molar-refractivity contribution >= 4 is 18.0 Å². The lowest BCUT2D eigenvalue weighted by Crippen LogP contribution is -2.16. The Morgan fingerprint density at radius 2 is 1.91 bits per heavy atom. The molecule has 1 unspecified atom stereocenters. The Kier molecular flexibility index (Phi) is 9.54. The Hall–Kier alpha value is -3.95. The molecule has 0 saturated heterocycles. The summed E-state index contributed by atoms with van der Waals surface area (Å²) in [5.74, 6) is -1.06. The largest absolute Gasteiger partial charge is 0.507 e. The zero-order chi connectivity index (χ0) is 25.3. The summed E-state index contributed by atoms with van der Waals surface area (Å²) in [5.41, 5.74) is -0.749. The summed E-state index contributed by atoms with van der Waals surface area (Å²) < 4.78 is 34.6. The van der Waals surface area contributed by atoms with E-state index in [1.807, 2.05) is 0 Å². The second-order valence-corrected chi connectivity index (χ2v) is 7.45. The fourth-order valence-electron chi connectivity index (χ4n) is 2.99. The molecule has 1 heterocycles. The highest BCUT2D eigenvalue weighted by molar-refractivity contribution is 6.12. The minimum absolute atomic E-state index is 0.153. The first-order valence-corrected chi connectivity index (χ1v) is 10.3. The second kappa shape index (κ2) is 12.3. The number of carboxylic acid groups (broad SMARTS) is 1. The van der Waals surface area contributed by atoms with Crippen LogP contribution in [-0.4, -0.2) is 35.1 Å². The average molecular weight is 477 g/mol. The van der Waals surface area contributed by atoms with Crippen LogP contribution < -0.4 is 15.7 Å². The maximum absolute atomic E-state index is 12.8. The summed E-state index contributed by atoms with van der Waals surface area (Å²) in [6, 6.07) is 7.29. The molecular formula is C24H25F2NO7. The van der Waals surface area contributed by atoms with Crippen LogP contribution >= 0.6 is 0 Å². The van der Waals surface area contributed by atoms with Crippen molar-refractivity contribution in [3.63, 3.8) is 0 Å². The van der Waals surface area contributed by atoms with Crippen LogP contribution in [-0.2, 0) is 0 Å². The van der Waals surface area contributed by atoms with E-state index in [-0.39, 0.29) is 23.0 Å². The number of ether oxygens (including phenoxy) is 1. The number of alkyl halides is 2. The quantitative estimate of drug-likeness (QED) is 0.309. The van der Waals surface area contributed by atoms with Gasteiger partial charge in [-0.3, -0.25) is 10.1 Å². The predicted octanol–water partition coefficient (Wildman–Crippen LogP) is 4.94. The van der Waals surface area contributed by atoms with E-state index < -0.39 is 41.8 Å². The molecule has 182 valence electrons. The van der Waals surface area contributed by atoms with Crippen LogP contribution in [0.25, 0.3) is 6.08 Å². The van der Waals surface area contributed by atoms with E-state index in [1.165, 1.54) is 37.4 Å². The number of halogens is 2. The Morgan fingerprint density at radius 1 is 1.24 bits per heavy atom. The molecule has 1 amide bonds. The van der Waals surface area contributed by atoms with Crippen molar-refractivity contribution in [1.29, 1.82) is 0 Å². The summed E-state index contributed by atoms with van der Waals surface area (Å²) in [7, 11) is 0. The molecule has 10 heteroatoms. The molecule has 0 saturated carbocycles. The number of nitrogens with one attached hydrogen (secondary N) is 1. The van der Waals surface area contributed by atoms with E-state index in [1.54, 1.807) is 25.1 Å². The highest BCUT2D eigenvalue weighted by Gasteiger charge is 2.22. The summed E-state index contributed by atoms with van der Waals surface area (Å²) in [6.07, 6.45) is 1.58. The monoisotopic (exact) mass is 477 g/mol. The first kappa shape index (κ1) is 26.3. The van der Waals surface area contributed by atoms with Crippen molar-refractivity contribution in [2.75, 3.05) is 6.61 Å². The zero-order valence-corrected chi connectivity index (χ0v) is 18.6. The van der Waals surface area contributed by atoms with Crippen molar-refractivity contribution < 1.29 is 37.7 Å². The molecule has 1 aromatic heterocycles. The number of hydrogen-bond acceptors (Lipinski definition) is 6. The van der Waals surface area contributed by atoms with E-state index in [0.717, 1.165) is 0 Å². The van der Waals surface area contributed by atoms with Gasteiger partial charge in [0.1, 0.15) is 29.4 Å². The summed E-state index contributed by atoms with van der Waals surface area (Å²) in [6.45, 7) is 2.50. The first-order chi connectivity index (χ1) is 16.1. The van der Waals surface area contributed by atoms with Gasteiger partial charge in [0, 0.05) is 18.2 Å². The fraction of sp³-hybridized carbons (Fsp3) is 0.292. The van der Waals surface area contributed by atoms with Gasteiger partial charge in [0.25, 0.3) is 6.43 Å². The SMILES string of the molecule is CC(=Cc1ccc(OCC(F)F)cc1)C(=O)c1c(O)cc(C(C)CC/C=C/NC(=O)O)oc1=O. The van der Waals surface area contributed by atoms with Gasteiger partial charge in [0.15, 0.2) is 5.78 Å². The lowest BCUT2D eigenvalue weighted by atomic mass is 9.99. The number of ketones is 1. The molecule has 2 aromatic rings. The van der Waals surface area contributed by atoms with Gasteiger partial charge in [-0.15, -0.1) is 0 Å². The van der Waals surface area contributed by atoms with Crippen LogP contribution in [0.3, 0.4) is 0 Å². The van der Waals surface area contributed by atoms with Crippen molar-refractivity contribution in [3.05, 3.63) is 75.5 Å². The third kappa shape index (κ3) is 7.88. The number of rotatable bonds is 11. The van der Waals surface area contributed by atoms with Gasteiger partial charge in [-0.1, -0.05) is 25.1 Å². The fourth-order valence-corrected chi connectivity index (χ4v) is 2.99. The number of amides is 1. The van der Waals surface area contributed by atoms with E-state index in [4.69, 9.17) is 14.3 Å². The van der Waals surface area contributed by atoms with Gasteiger partial charge in [0.05, 0.1) is 0 Å². The van der Waals surface area contributed by atoms with E-state index in [0.29, 0.717) is 18.4 Å². The molecule has 8 nitrogen and oxygen atoms in total. The molecule has 0 bridgehead atoms. The number of hydrogen-bond donors (Lipinski definition) is 3. The molecule has 0 aliphatic rings. The lowest BCUT2D eigenvalue weighted by Gasteiger charge is -2.11. The summed E-state index contributed by atoms with van der Waals surface area (Å²) in [4.78, 5) is 35.6. The molecule has 0 radical (unpaired) electrons. The lowest BCUT2D eigenvalue weighted by molar-refractivity contribution is 0.0819. The second-order valence-electron chi connectivity index (χ2n) is 7.45. The topological polar surface area (TPSA) is 126 Å². The number of carbonyl (C=O) groups is 2. The van der Waals surface area contributed by atoms with Crippen LogP contribution in [0.5, 0.6) is 11.5 Å². The highest BCUT2D eigenvalue weighted by Crippen LogP contribution is 2.26. The number of carbonyl (C=O) groups excluding carboxylic acids is 1. The Labute approximate surface area is 194 Å². The summed E-state index contributed by atoms with van der Waals surface area (Å²) >= 11 is 0. The normalized spacial score (nSPS) is 12.7. The highest BCUT2D eigenvalue weighted by atomic mass is 19.3. The van der Waals surface area contributed by atoms with Crippen LogP contribution in [0.2, 0.25) is 0 Å². The van der Waals surface area contributed by atoms with Gasteiger partial charge >= 0.3 is 11.7 Å². The van der Waals surface area contributed by atoms with Gasteiger partial charge in [0.2, 0.25) is 0 Å². The molecule has 1 atom stereocenters. The Morgan fingerprint density at radius 3 is 2.50 bits per heavy atom. The predicted molar refractivity (Wildman–Crippen MR) is 121 cm³/mol. The van der Waals surface area contributed by atoms with Crippen molar-refractivity contribution in [2.45, 2.75) is 39.0 Å². The standard InChI is InChI=1S/C24H25F2NO7/c1-14(5-3-4-10-27-24(31)32)19-12-18(28)21(23(30)34-19)22(29)15(2)11-16-6-8-17(9-7-16)33-13-20(25)26/h4,6-12,14,20,27-28H,3,5,13H2,1-2H3,(H,31,32)/b10-4+,15-11?. The third-order valence-corrected chi connectivity index (χ3v) is 4.75. The molecule has 0 aliphatic carbocycles. The van der Waals surface area contributed by atoms with Crippen LogP contribution in [0.1, 0.15) is 54.3 Å². The number of allylic oxidation sites excluding steroid dienone is 2. The minimum atomic E-state index is -2.59. The van der Waals surface area contributed by atoms with E-state index in [2.05, 4.69) is 5.32 Å². The van der Waals surface area contributed by atoms with Gasteiger partial charge in [-0.2, -0.15) is 0 Å². The molecular weight excluding hydrogens is 452 g/mol. The smallest absolute Gasteiger partial charge is 0.408 e. The van der Waals surface area contributed by atoms with Gasteiger partial charge in [-0.05, 0) is 49.1 Å².